The molecule has 3 N–H and O–H groups in total. The van der Waals surface area contributed by atoms with E-state index in [1.165, 1.54) is 7.11 Å². The fourth-order valence-corrected chi connectivity index (χ4v) is 3.52. The lowest BCUT2D eigenvalue weighted by molar-refractivity contribution is -0.909. The van der Waals surface area contributed by atoms with Gasteiger partial charge >= 0.3 is 5.97 Å². The molecule has 2 aliphatic heterocycles. The van der Waals surface area contributed by atoms with Gasteiger partial charge < -0.3 is 29.9 Å². The van der Waals surface area contributed by atoms with Gasteiger partial charge in [-0.05, 0) is 24.3 Å². The van der Waals surface area contributed by atoms with Crippen LogP contribution in [0.15, 0.2) is 24.3 Å². The largest absolute Gasteiger partial charge is 0.469 e. The van der Waals surface area contributed by atoms with E-state index in [1.807, 2.05) is 24.3 Å². The maximum absolute atomic E-state index is 12.5. The second-order valence-electron chi connectivity index (χ2n) is 6.90. The highest BCUT2D eigenvalue weighted by atomic mass is 16.5. The summed E-state index contributed by atoms with van der Waals surface area (Å²) in [5.74, 6) is -0.883. The van der Waals surface area contributed by atoms with Gasteiger partial charge in [-0.3, -0.25) is 14.4 Å². The summed E-state index contributed by atoms with van der Waals surface area (Å²) in [6, 6.07) is 7.07. The predicted molar refractivity (Wildman–Crippen MR) is 102 cm³/mol. The molecule has 2 amide bonds. The first-order valence-corrected chi connectivity index (χ1v) is 9.48. The number of piperazine rings is 1. The van der Waals surface area contributed by atoms with Gasteiger partial charge in [0, 0.05) is 24.5 Å². The van der Waals surface area contributed by atoms with E-state index in [1.54, 1.807) is 0 Å². The molecule has 152 valence electrons. The van der Waals surface area contributed by atoms with Crippen LogP contribution in [0.1, 0.15) is 6.42 Å². The van der Waals surface area contributed by atoms with Crippen LogP contribution in [0.3, 0.4) is 0 Å². The summed E-state index contributed by atoms with van der Waals surface area (Å²) < 4.78 is 10.0. The molecule has 1 aromatic carbocycles. The molecule has 2 aliphatic rings. The van der Waals surface area contributed by atoms with Gasteiger partial charge in [-0.15, -0.1) is 0 Å². The van der Waals surface area contributed by atoms with Gasteiger partial charge in [0.1, 0.15) is 6.42 Å². The maximum Gasteiger partial charge on any atom is 0.312 e. The molecule has 0 aliphatic carbocycles. The van der Waals surface area contributed by atoms with Gasteiger partial charge in [0.05, 0.1) is 33.4 Å². The molecule has 2 atom stereocenters. The minimum atomic E-state index is -0.615. The van der Waals surface area contributed by atoms with Crippen LogP contribution in [0.25, 0.3) is 0 Å². The number of esters is 1. The Labute approximate surface area is 163 Å². The standard InChI is InChI=1S/C19H26N4O5/c1-27-18(25)12-16-19(26)20-6-7-23(16)13-17(24)21-14-2-4-15(5-3-14)22-8-10-28-11-9-22/h2-5,16H,6-13H2,1H3,(H,20,26)(H,21,24)/p+1/t16-/m0/s1. The number of morpholine rings is 1. The van der Waals surface area contributed by atoms with Crippen molar-refractivity contribution in [1.82, 2.24) is 5.32 Å². The normalized spacial score (nSPS) is 22.3. The number of benzene rings is 1. The molecule has 2 saturated heterocycles. The number of anilines is 2. The van der Waals surface area contributed by atoms with Gasteiger partial charge in [-0.25, -0.2) is 0 Å². The number of amides is 2. The third kappa shape index (κ3) is 5.20. The second kappa shape index (κ2) is 9.52. The third-order valence-electron chi connectivity index (χ3n) is 5.07. The number of quaternary nitrogens is 1. The summed E-state index contributed by atoms with van der Waals surface area (Å²) in [7, 11) is 1.29. The summed E-state index contributed by atoms with van der Waals surface area (Å²) >= 11 is 0. The zero-order valence-electron chi connectivity index (χ0n) is 16.0. The molecule has 0 aromatic heterocycles. The third-order valence-corrected chi connectivity index (χ3v) is 5.07. The van der Waals surface area contributed by atoms with E-state index in [2.05, 4.69) is 20.3 Å². The molecular formula is C19H27N4O5+. The maximum atomic E-state index is 12.5. The molecule has 0 saturated carbocycles. The quantitative estimate of drug-likeness (QED) is 0.506. The fraction of sp³-hybridized carbons (Fsp3) is 0.526. The van der Waals surface area contributed by atoms with Gasteiger partial charge in [0.25, 0.3) is 11.8 Å². The Morgan fingerprint density at radius 2 is 2.00 bits per heavy atom. The molecule has 0 radical (unpaired) electrons. The average Bonchev–Trinajstić information content (AvgIpc) is 2.71. The average molecular weight is 391 g/mol. The topological polar surface area (TPSA) is 101 Å². The van der Waals surface area contributed by atoms with Crippen LogP contribution < -0.4 is 20.4 Å². The summed E-state index contributed by atoms with van der Waals surface area (Å²) in [4.78, 5) is 39.1. The van der Waals surface area contributed by atoms with Crippen LogP contribution >= 0.6 is 0 Å². The van der Waals surface area contributed by atoms with E-state index in [9.17, 15) is 14.4 Å². The highest BCUT2D eigenvalue weighted by Crippen LogP contribution is 2.18. The first kappa shape index (κ1) is 20.1. The number of carbonyl (C=O) groups is 3. The SMILES string of the molecule is COC(=O)C[C@H]1C(=O)NCC[NH+]1CC(=O)Nc1ccc(N2CCOCC2)cc1. The summed E-state index contributed by atoms with van der Waals surface area (Å²) in [6.45, 7) is 4.32. The van der Waals surface area contributed by atoms with Crippen molar-refractivity contribution in [3.05, 3.63) is 24.3 Å². The molecule has 2 fully saturated rings. The Hall–Kier alpha value is -2.65. The highest BCUT2D eigenvalue weighted by molar-refractivity contribution is 5.92. The minimum absolute atomic E-state index is 0.0425. The minimum Gasteiger partial charge on any atom is -0.469 e. The van der Waals surface area contributed by atoms with E-state index < -0.39 is 12.0 Å². The van der Waals surface area contributed by atoms with Crippen molar-refractivity contribution < 1.29 is 28.8 Å². The zero-order chi connectivity index (χ0) is 19.9. The van der Waals surface area contributed by atoms with Gasteiger partial charge in [-0.1, -0.05) is 0 Å². The van der Waals surface area contributed by atoms with Crippen molar-refractivity contribution in [2.75, 3.05) is 63.3 Å². The fourth-order valence-electron chi connectivity index (χ4n) is 3.52. The Bertz CT molecular complexity index is 703. The van der Waals surface area contributed by atoms with Crippen LogP contribution in [0, 0.1) is 0 Å². The molecule has 9 heteroatoms. The van der Waals surface area contributed by atoms with Crippen LogP contribution in [0.5, 0.6) is 0 Å². The predicted octanol–water partition coefficient (Wildman–Crippen LogP) is -1.59. The van der Waals surface area contributed by atoms with E-state index >= 15 is 0 Å². The highest BCUT2D eigenvalue weighted by Gasteiger charge is 2.36. The summed E-state index contributed by atoms with van der Waals surface area (Å²) in [5.41, 5.74) is 1.80. The number of hydrogen-bond donors (Lipinski definition) is 3. The van der Waals surface area contributed by atoms with Crippen LogP contribution in [-0.2, 0) is 23.9 Å². The van der Waals surface area contributed by atoms with Crippen LogP contribution in [0.4, 0.5) is 11.4 Å². The molecule has 1 unspecified atom stereocenters. The van der Waals surface area contributed by atoms with Crippen molar-refractivity contribution in [2.24, 2.45) is 0 Å². The zero-order valence-corrected chi connectivity index (χ0v) is 16.0. The summed E-state index contributed by atoms with van der Waals surface area (Å²) in [6.07, 6.45) is -0.0425. The van der Waals surface area contributed by atoms with Gasteiger partial charge in [0.15, 0.2) is 12.6 Å². The van der Waals surface area contributed by atoms with Crippen LogP contribution in [0.2, 0.25) is 0 Å². The number of rotatable bonds is 6. The van der Waals surface area contributed by atoms with Crippen molar-refractivity contribution >= 4 is 29.2 Å². The second-order valence-corrected chi connectivity index (χ2v) is 6.90. The van der Waals surface area contributed by atoms with E-state index in [4.69, 9.17) is 4.74 Å². The smallest absolute Gasteiger partial charge is 0.312 e. The lowest BCUT2D eigenvalue weighted by Crippen LogP contribution is -3.20. The lowest BCUT2D eigenvalue weighted by atomic mass is 10.1. The Kier molecular flexibility index (Phi) is 6.83. The molecule has 0 bridgehead atoms. The molecule has 2 heterocycles. The summed E-state index contributed by atoms with van der Waals surface area (Å²) in [5, 5.41) is 5.61. The van der Waals surface area contributed by atoms with Crippen LogP contribution in [-0.4, -0.2) is 76.9 Å². The lowest BCUT2D eigenvalue weighted by Gasteiger charge is -2.31. The Balaban J connectivity index is 1.56. The molecule has 3 rings (SSSR count). The number of nitrogens with zero attached hydrogens (tertiary/aromatic N) is 1. The first-order chi connectivity index (χ1) is 13.6. The van der Waals surface area contributed by atoms with Gasteiger partial charge in [-0.2, -0.15) is 0 Å². The van der Waals surface area contributed by atoms with Crippen molar-refractivity contribution in [3.63, 3.8) is 0 Å². The van der Waals surface area contributed by atoms with Gasteiger partial charge in [0.2, 0.25) is 0 Å². The number of methoxy groups -OCH3 is 1. The van der Waals surface area contributed by atoms with Crippen molar-refractivity contribution in [1.29, 1.82) is 0 Å². The molecule has 9 nitrogen and oxygen atoms in total. The number of nitrogens with one attached hydrogen (secondary N) is 3. The van der Waals surface area contributed by atoms with E-state index in [0.717, 1.165) is 36.9 Å². The molecular weight excluding hydrogens is 364 g/mol. The monoisotopic (exact) mass is 391 g/mol. The number of ether oxygens (including phenoxy) is 2. The van der Waals surface area contributed by atoms with Crippen molar-refractivity contribution in [2.45, 2.75) is 12.5 Å². The Morgan fingerprint density at radius 1 is 1.29 bits per heavy atom. The first-order valence-electron chi connectivity index (χ1n) is 9.48. The number of carbonyl (C=O) groups excluding carboxylic acids is 3. The van der Waals surface area contributed by atoms with Crippen molar-refractivity contribution in [3.8, 4) is 0 Å². The Morgan fingerprint density at radius 3 is 2.68 bits per heavy atom. The molecule has 28 heavy (non-hydrogen) atoms. The van der Waals surface area contributed by atoms with E-state index in [0.29, 0.717) is 18.8 Å². The number of hydrogen-bond acceptors (Lipinski definition) is 6. The van der Waals surface area contributed by atoms with E-state index in [-0.39, 0.29) is 24.8 Å². The molecule has 0 spiro atoms. The molecule has 1 aromatic rings.